The molecule has 0 radical (unpaired) electrons. The van der Waals surface area contributed by atoms with Gasteiger partial charge in [0.05, 0.1) is 0 Å². The lowest BCUT2D eigenvalue weighted by atomic mass is 9.99. The maximum atomic E-state index is 5.65. The van der Waals surface area contributed by atoms with Gasteiger partial charge in [-0.25, -0.2) is 0 Å². The van der Waals surface area contributed by atoms with Gasteiger partial charge in [-0.2, -0.15) is 0 Å². The van der Waals surface area contributed by atoms with Gasteiger partial charge in [0.1, 0.15) is 0 Å². The Hall–Kier alpha value is -2.62. The van der Waals surface area contributed by atoms with Crippen molar-refractivity contribution < 1.29 is 9.20 Å². The fourth-order valence-corrected chi connectivity index (χ4v) is 2.48. The second-order valence-corrected chi connectivity index (χ2v) is 5.12. The van der Waals surface area contributed by atoms with Crippen molar-refractivity contribution in [1.82, 2.24) is 5.27 Å². The first-order valence-corrected chi connectivity index (χ1v) is 7.03. The van der Waals surface area contributed by atoms with E-state index in [0.717, 1.165) is 12.8 Å². The number of hydrogen-bond donors (Lipinski definition) is 1. The molecule has 4 nitrogen and oxygen atoms in total. The summed E-state index contributed by atoms with van der Waals surface area (Å²) in [7, 11) is 0. The first-order valence-electron chi connectivity index (χ1n) is 7.03. The Morgan fingerprint density at radius 1 is 0.905 bits per heavy atom. The van der Waals surface area contributed by atoms with Crippen molar-refractivity contribution >= 4 is 5.88 Å². The van der Waals surface area contributed by atoms with E-state index in [9.17, 15) is 0 Å². The lowest BCUT2D eigenvalue weighted by molar-refractivity contribution is -0.784. The highest BCUT2D eigenvalue weighted by molar-refractivity contribution is 5.18. The molecule has 0 unspecified atom stereocenters. The predicted octanol–water partition coefficient (Wildman–Crippen LogP) is 2.57. The minimum absolute atomic E-state index is 0.177. The second kappa shape index (κ2) is 6.22. The van der Waals surface area contributed by atoms with Crippen LogP contribution in [0.25, 0.3) is 0 Å². The SMILES string of the molecule is Nc1c[n+](C(Cc2ccccc2)Cc2ccccc2)no1. The summed E-state index contributed by atoms with van der Waals surface area (Å²) in [5.74, 6) is 0.334. The molecule has 1 heterocycles. The molecule has 4 heteroatoms. The number of nitrogens with two attached hydrogens (primary N) is 1. The number of aromatic nitrogens is 2. The summed E-state index contributed by atoms with van der Waals surface area (Å²) < 4.78 is 6.83. The van der Waals surface area contributed by atoms with Crippen LogP contribution in [0.1, 0.15) is 17.2 Å². The smallest absolute Gasteiger partial charge is 0.293 e. The predicted molar refractivity (Wildman–Crippen MR) is 80.4 cm³/mol. The van der Waals surface area contributed by atoms with E-state index in [4.69, 9.17) is 10.3 Å². The minimum Gasteiger partial charge on any atom is -0.362 e. The van der Waals surface area contributed by atoms with Gasteiger partial charge in [0.15, 0.2) is 6.04 Å². The van der Waals surface area contributed by atoms with E-state index < -0.39 is 0 Å². The van der Waals surface area contributed by atoms with Crippen LogP contribution in [0.5, 0.6) is 0 Å². The molecule has 0 saturated carbocycles. The van der Waals surface area contributed by atoms with Crippen molar-refractivity contribution in [2.24, 2.45) is 0 Å². The van der Waals surface area contributed by atoms with E-state index in [1.165, 1.54) is 11.1 Å². The van der Waals surface area contributed by atoms with Gasteiger partial charge in [-0.1, -0.05) is 60.7 Å². The fourth-order valence-electron chi connectivity index (χ4n) is 2.48. The molecule has 0 aliphatic rings. The highest BCUT2D eigenvalue weighted by Gasteiger charge is 2.24. The van der Waals surface area contributed by atoms with Gasteiger partial charge in [-0.3, -0.25) is 4.52 Å². The number of anilines is 1. The van der Waals surface area contributed by atoms with Gasteiger partial charge < -0.3 is 5.73 Å². The second-order valence-electron chi connectivity index (χ2n) is 5.12. The molecule has 0 aliphatic heterocycles. The number of nitrogens with zero attached hydrogens (tertiary/aromatic N) is 2. The average Bonchev–Trinajstić information content (AvgIpc) is 2.95. The average molecular weight is 280 g/mol. The van der Waals surface area contributed by atoms with Crippen LogP contribution in [0.15, 0.2) is 71.4 Å². The third kappa shape index (κ3) is 3.48. The lowest BCUT2D eigenvalue weighted by Gasteiger charge is -2.09. The minimum atomic E-state index is 0.177. The van der Waals surface area contributed by atoms with E-state index in [2.05, 4.69) is 53.8 Å². The molecule has 3 aromatic rings. The third-order valence-corrected chi connectivity index (χ3v) is 3.50. The van der Waals surface area contributed by atoms with Gasteiger partial charge in [-0.15, -0.1) is 0 Å². The summed E-state index contributed by atoms with van der Waals surface area (Å²) in [6.45, 7) is 0. The molecular weight excluding hydrogens is 262 g/mol. The van der Waals surface area contributed by atoms with Gasteiger partial charge in [0.25, 0.3) is 12.1 Å². The first kappa shape index (κ1) is 13.4. The summed E-state index contributed by atoms with van der Waals surface area (Å²) in [5.41, 5.74) is 8.19. The molecule has 21 heavy (non-hydrogen) atoms. The van der Waals surface area contributed by atoms with Crippen LogP contribution < -0.4 is 10.4 Å². The number of hydrogen-bond acceptors (Lipinski definition) is 3. The zero-order valence-corrected chi connectivity index (χ0v) is 11.7. The van der Waals surface area contributed by atoms with Crippen LogP contribution in [-0.2, 0) is 12.8 Å². The van der Waals surface area contributed by atoms with E-state index in [1.54, 1.807) is 6.20 Å². The van der Waals surface area contributed by atoms with E-state index in [0.29, 0.717) is 5.88 Å². The largest absolute Gasteiger partial charge is 0.362 e. The van der Waals surface area contributed by atoms with Crippen molar-refractivity contribution in [3.63, 3.8) is 0 Å². The number of nitrogen functional groups attached to an aromatic ring is 1. The van der Waals surface area contributed by atoms with Crippen molar-refractivity contribution in [3.8, 4) is 0 Å². The molecule has 1 aromatic heterocycles. The summed E-state index contributed by atoms with van der Waals surface area (Å²) in [6.07, 6.45) is 3.51. The molecule has 0 atom stereocenters. The topological polar surface area (TPSA) is 55.9 Å². The van der Waals surface area contributed by atoms with Crippen LogP contribution in [0.4, 0.5) is 5.88 Å². The molecule has 2 aromatic carbocycles. The Bertz CT molecular complexity index is 638. The standard InChI is InChI=1S/C17H18N3O/c18-17-13-20(19-21-17)16(11-14-7-3-1-4-8-14)12-15-9-5-2-6-10-15/h1-10,13,16H,11-12,18H2/q+1. The maximum absolute atomic E-state index is 5.65. The normalized spacial score (nSPS) is 10.9. The Balaban J connectivity index is 1.84. The van der Waals surface area contributed by atoms with Crippen molar-refractivity contribution in [1.29, 1.82) is 0 Å². The Labute approximate surface area is 123 Å². The van der Waals surface area contributed by atoms with Crippen LogP contribution in [0.3, 0.4) is 0 Å². The Morgan fingerprint density at radius 2 is 1.43 bits per heavy atom. The highest BCUT2D eigenvalue weighted by Crippen LogP contribution is 2.15. The van der Waals surface area contributed by atoms with Crippen LogP contribution >= 0.6 is 0 Å². The quantitative estimate of drug-likeness (QED) is 0.731. The first-order chi connectivity index (χ1) is 10.3. The molecule has 2 N–H and O–H groups in total. The van der Waals surface area contributed by atoms with E-state index in [1.807, 2.05) is 16.8 Å². The molecule has 3 rings (SSSR count). The Morgan fingerprint density at radius 3 is 1.86 bits per heavy atom. The summed E-state index contributed by atoms with van der Waals surface area (Å²) in [5, 5.41) is 4.03. The van der Waals surface area contributed by atoms with Crippen molar-refractivity contribution in [3.05, 3.63) is 78.0 Å². The molecule has 106 valence electrons. The molecular formula is C17H18N3O+. The molecule has 0 aliphatic carbocycles. The van der Waals surface area contributed by atoms with Crippen molar-refractivity contribution in [2.45, 2.75) is 18.9 Å². The van der Waals surface area contributed by atoms with E-state index >= 15 is 0 Å². The lowest BCUT2D eigenvalue weighted by Crippen LogP contribution is -2.43. The third-order valence-electron chi connectivity index (χ3n) is 3.50. The zero-order chi connectivity index (χ0) is 14.5. The van der Waals surface area contributed by atoms with Gasteiger partial charge in [-0.05, 0) is 15.8 Å². The van der Waals surface area contributed by atoms with Gasteiger partial charge in [0, 0.05) is 12.8 Å². The van der Waals surface area contributed by atoms with Gasteiger partial charge in [0.2, 0.25) is 5.27 Å². The molecule has 0 bridgehead atoms. The number of benzene rings is 2. The van der Waals surface area contributed by atoms with E-state index in [-0.39, 0.29) is 6.04 Å². The van der Waals surface area contributed by atoms with Crippen molar-refractivity contribution in [2.75, 3.05) is 5.73 Å². The summed E-state index contributed by atoms with van der Waals surface area (Å²) >= 11 is 0. The molecule has 0 fully saturated rings. The zero-order valence-electron chi connectivity index (χ0n) is 11.7. The van der Waals surface area contributed by atoms with Crippen LogP contribution in [0, 0.1) is 0 Å². The molecule has 0 saturated heterocycles. The monoisotopic (exact) mass is 280 g/mol. The summed E-state index contributed by atoms with van der Waals surface area (Å²) in [6, 6.07) is 20.9. The molecule has 0 spiro atoms. The summed E-state index contributed by atoms with van der Waals surface area (Å²) in [4.78, 5) is 0. The number of rotatable bonds is 5. The fraction of sp³-hybridized carbons (Fsp3) is 0.176. The highest BCUT2D eigenvalue weighted by atomic mass is 16.5. The Kier molecular flexibility index (Phi) is 3.96. The van der Waals surface area contributed by atoms with Crippen LogP contribution in [0.2, 0.25) is 0 Å². The van der Waals surface area contributed by atoms with Crippen LogP contribution in [-0.4, -0.2) is 5.27 Å². The maximum Gasteiger partial charge on any atom is 0.293 e. The van der Waals surface area contributed by atoms with Gasteiger partial charge >= 0.3 is 0 Å². The molecule has 0 amide bonds.